The molecule has 1 aliphatic rings. The van der Waals surface area contributed by atoms with E-state index in [0.29, 0.717) is 0 Å². The number of ether oxygens (including phenoxy) is 2. The molecule has 0 amide bonds. The van der Waals surface area contributed by atoms with Gasteiger partial charge in [-0.2, -0.15) is 0 Å². The number of hydrogen-bond acceptors (Lipinski definition) is 3. The zero-order valence-corrected chi connectivity index (χ0v) is 30.4. The van der Waals surface area contributed by atoms with Crippen LogP contribution in [-0.4, -0.2) is 31.8 Å². The molecule has 1 heterocycles. The van der Waals surface area contributed by atoms with Gasteiger partial charge in [0.2, 0.25) is 6.29 Å². The Balaban J connectivity index is 2.13. The van der Waals surface area contributed by atoms with Gasteiger partial charge < -0.3 is 14.4 Å². The molecule has 0 aliphatic carbocycles. The van der Waals surface area contributed by atoms with E-state index in [0.717, 1.165) is 25.8 Å². The van der Waals surface area contributed by atoms with Crippen LogP contribution in [0.4, 0.5) is 0 Å². The summed E-state index contributed by atoms with van der Waals surface area (Å²) in [4.78, 5) is 2.22. The smallest absolute Gasteiger partial charge is 0.241 e. The number of nitrogens with zero attached hydrogens (tertiary/aromatic N) is 1. The highest BCUT2D eigenvalue weighted by molar-refractivity contribution is 5.06. The van der Waals surface area contributed by atoms with Gasteiger partial charge in [-0.05, 0) is 78.3 Å². The summed E-state index contributed by atoms with van der Waals surface area (Å²) >= 11 is 0. The highest BCUT2D eigenvalue weighted by Gasteiger charge is 2.26. The third kappa shape index (κ3) is 26.0. The summed E-state index contributed by atoms with van der Waals surface area (Å²) in [6, 6.07) is 0. The highest BCUT2D eigenvalue weighted by Crippen LogP contribution is 2.31. The standard InChI is InChI=1S/C41H77NO2/c1-5-7-9-11-13-15-17-19-21-23-25-27-29-31-33-35-39-40(44-41(43-39)37-38-42(3)4)36-34-32-30-28-26-24-22-20-18-16-14-12-10-8-6-2/h19-22,41H,5-18,23-38H2,1-4H3/b21-19+,22-20+. The maximum atomic E-state index is 6.33. The molecule has 0 saturated carbocycles. The van der Waals surface area contributed by atoms with Crippen LogP contribution in [0.15, 0.2) is 35.8 Å². The summed E-state index contributed by atoms with van der Waals surface area (Å²) < 4.78 is 12.7. The monoisotopic (exact) mass is 616 g/mol. The third-order valence-electron chi connectivity index (χ3n) is 9.00. The second-order valence-electron chi connectivity index (χ2n) is 13.8. The highest BCUT2D eigenvalue weighted by atomic mass is 16.7. The zero-order chi connectivity index (χ0) is 31.8. The van der Waals surface area contributed by atoms with Crippen molar-refractivity contribution in [3.05, 3.63) is 35.8 Å². The molecule has 3 heteroatoms. The molecular weight excluding hydrogens is 538 g/mol. The number of unbranched alkanes of at least 4 members (excludes halogenated alkanes) is 22. The van der Waals surface area contributed by atoms with Crippen molar-refractivity contribution in [2.45, 2.75) is 206 Å². The Kier molecular flexibility index (Phi) is 29.4. The molecule has 1 rings (SSSR count). The van der Waals surface area contributed by atoms with E-state index in [1.54, 1.807) is 0 Å². The van der Waals surface area contributed by atoms with E-state index < -0.39 is 0 Å². The van der Waals surface area contributed by atoms with E-state index >= 15 is 0 Å². The van der Waals surface area contributed by atoms with Crippen LogP contribution in [0.2, 0.25) is 0 Å². The molecule has 44 heavy (non-hydrogen) atoms. The Labute approximate surface area is 276 Å². The minimum absolute atomic E-state index is 0.0753. The lowest BCUT2D eigenvalue weighted by atomic mass is 10.1. The minimum Gasteiger partial charge on any atom is -0.456 e. The van der Waals surface area contributed by atoms with Gasteiger partial charge in [-0.25, -0.2) is 0 Å². The minimum atomic E-state index is -0.0753. The molecule has 0 bridgehead atoms. The lowest BCUT2D eigenvalue weighted by molar-refractivity contribution is -0.0502. The van der Waals surface area contributed by atoms with Gasteiger partial charge in [-0.1, -0.05) is 141 Å². The molecular formula is C41H77NO2. The van der Waals surface area contributed by atoms with Crippen molar-refractivity contribution in [1.29, 1.82) is 0 Å². The summed E-state index contributed by atoms with van der Waals surface area (Å²) in [5.41, 5.74) is 0. The first-order valence-corrected chi connectivity index (χ1v) is 19.7. The molecule has 3 nitrogen and oxygen atoms in total. The van der Waals surface area contributed by atoms with Gasteiger partial charge in [0.05, 0.1) is 0 Å². The number of hydrogen-bond donors (Lipinski definition) is 0. The van der Waals surface area contributed by atoms with Gasteiger partial charge in [0.25, 0.3) is 0 Å². The molecule has 0 spiro atoms. The Hall–Kier alpha value is -1.22. The van der Waals surface area contributed by atoms with Crippen LogP contribution >= 0.6 is 0 Å². The molecule has 0 saturated heterocycles. The lowest BCUT2D eigenvalue weighted by Crippen LogP contribution is -2.20. The summed E-state index contributed by atoms with van der Waals surface area (Å²) in [7, 11) is 4.25. The van der Waals surface area contributed by atoms with E-state index in [4.69, 9.17) is 9.47 Å². The van der Waals surface area contributed by atoms with Crippen molar-refractivity contribution in [2.75, 3.05) is 20.6 Å². The van der Waals surface area contributed by atoms with Crippen LogP contribution in [0, 0.1) is 0 Å². The lowest BCUT2D eigenvalue weighted by Gasteiger charge is -2.15. The largest absolute Gasteiger partial charge is 0.456 e. The molecule has 0 aromatic carbocycles. The van der Waals surface area contributed by atoms with Crippen LogP contribution < -0.4 is 0 Å². The molecule has 0 aromatic rings. The van der Waals surface area contributed by atoms with Crippen LogP contribution in [0.1, 0.15) is 200 Å². The van der Waals surface area contributed by atoms with Crippen molar-refractivity contribution in [1.82, 2.24) is 4.90 Å². The number of rotatable bonds is 33. The van der Waals surface area contributed by atoms with Gasteiger partial charge in [0.1, 0.15) is 11.5 Å². The van der Waals surface area contributed by atoms with Crippen molar-refractivity contribution >= 4 is 0 Å². The maximum Gasteiger partial charge on any atom is 0.241 e. The Bertz CT molecular complexity index is 643. The fourth-order valence-electron chi connectivity index (χ4n) is 6.06. The fourth-order valence-corrected chi connectivity index (χ4v) is 6.06. The first-order valence-electron chi connectivity index (χ1n) is 19.7. The van der Waals surface area contributed by atoms with Crippen LogP contribution in [0.5, 0.6) is 0 Å². The van der Waals surface area contributed by atoms with E-state index in [-0.39, 0.29) is 6.29 Å². The Morgan fingerprint density at radius 1 is 0.455 bits per heavy atom. The quantitative estimate of drug-likeness (QED) is 0.0541. The zero-order valence-electron chi connectivity index (χ0n) is 30.4. The average molecular weight is 616 g/mol. The van der Waals surface area contributed by atoms with Gasteiger partial charge in [-0.15, -0.1) is 0 Å². The molecule has 258 valence electrons. The van der Waals surface area contributed by atoms with Crippen LogP contribution in [0.3, 0.4) is 0 Å². The predicted octanol–water partition coefficient (Wildman–Crippen LogP) is 13.6. The molecule has 0 radical (unpaired) electrons. The van der Waals surface area contributed by atoms with Crippen molar-refractivity contribution in [3.63, 3.8) is 0 Å². The van der Waals surface area contributed by atoms with E-state index in [2.05, 4.69) is 57.1 Å². The topological polar surface area (TPSA) is 21.7 Å². The van der Waals surface area contributed by atoms with Crippen molar-refractivity contribution in [3.8, 4) is 0 Å². The van der Waals surface area contributed by atoms with Gasteiger partial charge in [0, 0.05) is 25.8 Å². The van der Waals surface area contributed by atoms with Crippen molar-refractivity contribution in [2.24, 2.45) is 0 Å². The fraction of sp³-hybridized carbons (Fsp3) is 0.854. The second kappa shape index (κ2) is 31.7. The summed E-state index contributed by atoms with van der Waals surface area (Å²) in [5, 5.41) is 0. The van der Waals surface area contributed by atoms with E-state index in [9.17, 15) is 0 Å². The first kappa shape index (κ1) is 40.8. The summed E-state index contributed by atoms with van der Waals surface area (Å²) in [6.45, 7) is 5.59. The van der Waals surface area contributed by atoms with Gasteiger partial charge in [0.15, 0.2) is 0 Å². The molecule has 0 aromatic heterocycles. The van der Waals surface area contributed by atoms with Crippen LogP contribution in [0.25, 0.3) is 0 Å². The maximum absolute atomic E-state index is 6.33. The Morgan fingerprint density at radius 2 is 0.773 bits per heavy atom. The summed E-state index contributed by atoms with van der Waals surface area (Å²) in [6.07, 6.45) is 47.6. The predicted molar refractivity (Wildman–Crippen MR) is 195 cm³/mol. The third-order valence-corrected chi connectivity index (χ3v) is 9.00. The molecule has 0 N–H and O–H groups in total. The molecule has 0 atom stereocenters. The SMILES string of the molecule is CCCCCCCC/C=C/CCCCCCCC1=C(CCCCCCC/C=C/CCCCCCCC)OC(CCN(C)C)O1. The van der Waals surface area contributed by atoms with Gasteiger partial charge in [-0.3, -0.25) is 0 Å². The van der Waals surface area contributed by atoms with E-state index in [1.165, 1.54) is 178 Å². The Morgan fingerprint density at radius 3 is 1.11 bits per heavy atom. The van der Waals surface area contributed by atoms with Gasteiger partial charge >= 0.3 is 0 Å². The molecule has 0 unspecified atom stereocenters. The van der Waals surface area contributed by atoms with Crippen molar-refractivity contribution < 1.29 is 9.47 Å². The first-order chi connectivity index (χ1) is 21.7. The second-order valence-corrected chi connectivity index (χ2v) is 13.8. The normalized spacial score (nSPS) is 14.1. The number of allylic oxidation sites excluding steroid dienone is 6. The summed E-state index contributed by atoms with van der Waals surface area (Å²) in [5.74, 6) is 2.34. The van der Waals surface area contributed by atoms with E-state index in [1.807, 2.05) is 0 Å². The molecule has 0 fully saturated rings. The van der Waals surface area contributed by atoms with Crippen LogP contribution in [-0.2, 0) is 9.47 Å². The molecule has 1 aliphatic heterocycles. The average Bonchev–Trinajstić information content (AvgIpc) is 3.41.